The molecule has 0 amide bonds. The fraction of sp³-hybridized carbons (Fsp3) is 0.522. The van der Waals surface area contributed by atoms with E-state index in [9.17, 15) is 4.79 Å². The van der Waals surface area contributed by atoms with Gasteiger partial charge in [-0.25, -0.2) is 14.8 Å². The van der Waals surface area contributed by atoms with E-state index in [0.29, 0.717) is 11.5 Å². The molecular formula is C23H28N4O2. The maximum Gasteiger partial charge on any atom is 0.360 e. The Hall–Kier alpha value is -2.47. The summed E-state index contributed by atoms with van der Waals surface area (Å²) in [6.45, 7) is 5.14. The van der Waals surface area contributed by atoms with Crippen molar-refractivity contribution in [1.82, 2.24) is 14.9 Å². The van der Waals surface area contributed by atoms with Gasteiger partial charge in [0.25, 0.3) is 0 Å². The van der Waals surface area contributed by atoms with Gasteiger partial charge in [-0.15, -0.1) is 0 Å². The van der Waals surface area contributed by atoms with Crippen LogP contribution >= 0.6 is 0 Å². The number of benzene rings is 1. The van der Waals surface area contributed by atoms with Crippen LogP contribution in [0.5, 0.6) is 0 Å². The number of hydrogen-bond donors (Lipinski definition) is 0. The van der Waals surface area contributed by atoms with Crippen molar-refractivity contribution in [2.24, 2.45) is 10.8 Å². The van der Waals surface area contributed by atoms with E-state index >= 15 is 0 Å². The SMILES string of the molecule is COC(=O)c1nccnc1N1CC23CCCCC2(CN(Cc2ccccc2)C3)C1. The smallest absolute Gasteiger partial charge is 0.360 e. The molecule has 5 rings (SSSR count). The molecule has 3 heterocycles. The van der Waals surface area contributed by atoms with Crippen molar-refractivity contribution < 1.29 is 9.53 Å². The highest BCUT2D eigenvalue weighted by Gasteiger charge is 2.63. The molecule has 2 unspecified atom stereocenters. The largest absolute Gasteiger partial charge is 0.464 e. The Morgan fingerprint density at radius 2 is 1.66 bits per heavy atom. The zero-order valence-electron chi connectivity index (χ0n) is 17.0. The van der Waals surface area contributed by atoms with E-state index in [4.69, 9.17) is 4.74 Å². The van der Waals surface area contributed by atoms with E-state index in [2.05, 4.69) is 50.1 Å². The van der Waals surface area contributed by atoms with Gasteiger partial charge in [-0.1, -0.05) is 43.2 Å². The summed E-state index contributed by atoms with van der Waals surface area (Å²) < 4.78 is 4.95. The predicted octanol–water partition coefficient (Wildman–Crippen LogP) is 3.15. The lowest BCUT2D eigenvalue weighted by atomic mass is 9.60. The van der Waals surface area contributed by atoms with E-state index in [0.717, 1.165) is 32.7 Å². The third-order valence-corrected chi connectivity index (χ3v) is 7.33. The summed E-state index contributed by atoms with van der Waals surface area (Å²) in [5, 5.41) is 0. The monoisotopic (exact) mass is 392 g/mol. The lowest BCUT2D eigenvalue weighted by molar-refractivity contribution is 0.0594. The van der Waals surface area contributed by atoms with Crippen molar-refractivity contribution in [3.05, 3.63) is 54.0 Å². The highest BCUT2D eigenvalue weighted by atomic mass is 16.5. The molecular weight excluding hydrogens is 364 g/mol. The summed E-state index contributed by atoms with van der Waals surface area (Å²) in [6, 6.07) is 10.8. The molecule has 6 nitrogen and oxygen atoms in total. The number of carbonyl (C=O) groups is 1. The van der Waals surface area contributed by atoms with Gasteiger partial charge in [0.15, 0.2) is 11.5 Å². The first-order valence-electron chi connectivity index (χ1n) is 10.6. The average molecular weight is 393 g/mol. The highest BCUT2D eigenvalue weighted by molar-refractivity contribution is 5.92. The Kier molecular flexibility index (Phi) is 4.54. The fourth-order valence-corrected chi connectivity index (χ4v) is 6.15. The zero-order chi connectivity index (χ0) is 19.9. The fourth-order valence-electron chi connectivity index (χ4n) is 6.15. The second-order valence-electron chi connectivity index (χ2n) is 8.97. The Morgan fingerprint density at radius 1 is 1.00 bits per heavy atom. The normalized spacial score (nSPS) is 28.8. The Labute approximate surface area is 171 Å². The lowest BCUT2D eigenvalue weighted by Crippen LogP contribution is -2.42. The molecule has 1 saturated carbocycles. The molecule has 3 aliphatic rings. The van der Waals surface area contributed by atoms with Crippen LogP contribution in [0.3, 0.4) is 0 Å². The number of rotatable bonds is 4. The quantitative estimate of drug-likeness (QED) is 0.745. The van der Waals surface area contributed by atoms with Crippen LogP contribution in [0.4, 0.5) is 5.82 Å². The maximum atomic E-state index is 12.2. The first-order valence-corrected chi connectivity index (χ1v) is 10.6. The summed E-state index contributed by atoms with van der Waals surface area (Å²) in [5.41, 5.74) is 2.26. The molecule has 6 heteroatoms. The topological polar surface area (TPSA) is 58.6 Å². The van der Waals surface area contributed by atoms with Crippen LogP contribution in [0.2, 0.25) is 0 Å². The minimum absolute atomic E-state index is 0.269. The van der Waals surface area contributed by atoms with Gasteiger partial charge in [0.05, 0.1) is 7.11 Å². The minimum Gasteiger partial charge on any atom is -0.464 e. The van der Waals surface area contributed by atoms with Gasteiger partial charge < -0.3 is 9.64 Å². The molecule has 0 spiro atoms. The van der Waals surface area contributed by atoms with Gasteiger partial charge in [0.2, 0.25) is 0 Å². The molecule has 0 radical (unpaired) electrons. The van der Waals surface area contributed by atoms with Crippen molar-refractivity contribution in [2.75, 3.05) is 38.2 Å². The average Bonchev–Trinajstić information content (AvgIpc) is 3.24. The molecule has 2 saturated heterocycles. The van der Waals surface area contributed by atoms with E-state index < -0.39 is 5.97 Å². The van der Waals surface area contributed by atoms with Crippen molar-refractivity contribution in [3.63, 3.8) is 0 Å². The number of anilines is 1. The standard InChI is InChI=1S/C23H28N4O2/c1-29-21(28)19-20(25-12-11-24-19)27-16-22-9-5-6-10-23(22,17-27)15-26(14-22)13-18-7-3-2-4-8-18/h2-4,7-8,11-12H,5-6,9-10,13-17H2,1H3. The molecule has 29 heavy (non-hydrogen) atoms. The molecule has 1 aliphatic carbocycles. The van der Waals surface area contributed by atoms with Crippen LogP contribution < -0.4 is 4.90 Å². The molecule has 3 fully saturated rings. The minimum atomic E-state index is -0.408. The third-order valence-electron chi connectivity index (χ3n) is 7.33. The van der Waals surface area contributed by atoms with Gasteiger partial charge in [-0.3, -0.25) is 4.90 Å². The number of nitrogens with zero attached hydrogens (tertiary/aromatic N) is 4. The summed E-state index contributed by atoms with van der Waals surface area (Å²) in [7, 11) is 1.40. The van der Waals surface area contributed by atoms with Crippen molar-refractivity contribution in [1.29, 1.82) is 0 Å². The van der Waals surface area contributed by atoms with Gasteiger partial charge in [-0.2, -0.15) is 0 Å². The first kappa shape index (κ1) is 18.6. The third kappa shape index (κ3) is 3.01. The van der Waals surface area contributed by atoms with E-state index in [1.54, 1.807) is 12.4 Å². The second kappa shape index (κ2) is 7.10. The van der Waals surface area contributed by atoms with Gasteiger partial charge >= 0.3 is 5.97 Å². The molecule has 2 aliphatic heterocycles. The molecule has 2 atom stereocenters. The van der Waals surface area contributed by atoms with Crippen LogP contribution in [0.15, 0.2) is 42.7 Å². The van der Waals surface area contributed by atoms with Crippen LogP contribution in [-0.2, 0) is 11.3 Å². The van der Waals surface area contributed by atoms with E-state index in [1.807, 2.05) is 0 Å². The van der Waals surface area contributed by atoms with Gasteiger partial charge in [0, 0.05) is 55.9 Å². The van der Waals surface area contributed by atoms with Crippen molar-refractivity contribution >= 4 is 11.8 Å². The van der Waals surface area contributed by atoms with E-state index in [-0.39, 0.29) is 10.8 Å². The highest BCUT2D eigenvalue weighted by Crippen LogP contribution is 2.60. The molecule has 1 aromatic carbocycles. The Balaban J connectivity index is 1.43. The zero-order valence-corrected chi connectivity index (χ0v) is 17.0. The Morgan fingerprint density at radius 3 is 2.31 bits per heavy atom. The summed E-state index contributed by atoms with van der Waals surface area (Å²) >= 11 is 0. The molecule has 2 aromatic rings. The number of esters is 1. The summed E-state index contributed by atoms with van der Waals surface area (Å²) in [6.07, 6.45) is 8.33. The number of hydrogen-bond acceptors (Lipinski definition) is 6. The Bertz CT molecular complexity index is 881. The number of carbonyl (C=O) groups excluding carboxylic acids is 1. The number of likely N-dealkylation sites (tertiary alicyclic amines) is 1. The van der Waals surface area contributed by atoms with Crippen LogP contribution in [0.1, 0.15) is 41.7 Å². The predicted molar refractivity (Wildman–Crippen MR) is 111 cm³/mol. The summed E-state index contributed by atoms with van der Waals surface area (Å²) in [4.78, 5) is 26.0. The van der Waals surface area contributed by atoms with Crippen LogP contribution in [-0.4, -0.2) is 54.1 Å². The number of ether oxygens (including phenoxy) is 1. The van der Waals surface area contributed by atoms with Crippen molar-refractivity contribution in [2.45, 2.75) is 32.2 Å². The van der Waals surface area contributed by atoms with Gasteiger partial charge in [-0.05, 0) is 18.4 Å². The second-order valence-corrected chi connectivity index (χ2v) is 8.97. The van der Waals surface area contributed by atoms with Crippen LogP contribution in [0, 0.1) is 10.8 Å². The molecule has 1 aromatic heterocycles. The number of methoxy groups -OCH3 is 1. The van der Waals surface area contributed by atoms with Crippen molar-refractivity contribution in [3.8, 4) is 0 Å². The molecule has 0 bridgehead atoms. The van der Waals surface area contributed by atoms with E-state index in [1.165, 1.54) is 38.4 Å². The maximum absolute atomic E-state index is 12.2. The molecule has 152 valence electrons. The lowest BCUT2D eigenvalue weighted by Gasteiger charge is -2.42. The van der Waals surface area contributed by atoms with Gasteiger partial charge in [0.1, 0.15) is 0 Å². The molecule has 0 N–H and O–H groups in total. The van der Waals surface area contributed by atoms with Crippen LogP contribution in [0.25, 0.3) is 0 Å². The first-order chi connectivity index (χ1) is 14.1. The number of aromatic nitrogens is 2. The summed E-state index contributed by atoms with van der Waals surface area (Å²) in [5.74, 6) is 0.276.